The maximum atomic E-state index is 5.94. The summed E-state index contributed by atoms with van der Waals surface area (Å²) in [5.41, 5.74) is 4.90. The van der Waals surface area contributed by atoms with E-state index in [4.69, 9.17) is 24.8 Å². The predicted molar refractivity (Wildman–Crippen MR) is 134 cm³/mol. The van der Waals surface area contributed by atoms with Gasteiger partial charge in [-0.15, -0.1) is 0 Å². The molecule has 4 aromatic rings. The Morgan fingerprint density at radius 1 is 1.03 bits per heavy atom. The van der Waals surface area contributed by atoms with Gasteiger partial charge in [0, 0.05) is 37.9 Å². The lowest BCUT2D eigenvalue weighted by atomic mass is 9.94. The van der Waals surface area contributed by atoms with Crippen LogP contribution in [-0.4, -0.2) is 55.9 Å². The summed E-state index contributed by atoms with van der Waals surface area (Å²) in [7, 11) is 0. The number of aryl methyl sites for hydroxylation is 1. The maximum absolute atomic E-state index is 5.94. The van der Waals surface area contributed by atoms with Crippen LogP contribution in [0.25, 0.3) is 28.1 Å². The van der Waals surface area contributed by atoms with Crippen LogP contribution in [0.4, 0.5) is 11.6 Å². The number of hydrogen-bond acceptors (Lipinski definition) is 7. The molecule has 0 spiro atoms. The first-order valence-corrected chi connectivity index (χ1v) is 12.3. The van der Waals surface area contributed by atoms with E-state index >= 15 is 0 Å². The standard InChI is InChI=1S/C26H31N7O/c1-17-25(29-20-9-5-4-8-19(20)27-17)21-14-23-30-22(32-11-6-7-12-32)15-24(33(23)31-21)28-18-10-13-34-26(2,3)16-18/h4-5,8-9,14-15,18,28H,6-7,10-13,16H2,1-3H3. The van der Waals surface area contributed by atoms with Crippen LogP contribution in [0.3, 0.4) is 0 Å². The van der Waals surface area contributed by atoms with Gasteiger partial charge < -0.3 is 15.0 Å². The van der Waals surface area contributed by atoms with Crippen LogP contribution in [0.15, 0.2) is 36.4 Å². The first-order valence-electron chi connectivity index (χ1n) is 12.3. The van der Waals surface area contributed by atoms with Gasteiger partial charge in [0.15, 0.2) is 5.65 Å². The summed E-state index contributed by atoms with van der Waals surface area (Å²) in [5.74, 6) is 1.97. The molecule has 0 saturated carbocycles. The van der Waals surface area contributed by atoms with E-state index in [1.807, 2.05) is 41.8 Å². The van der Waals surface area contributed by atoms with E-state index in [9.17, 15) is 0 Å². The van der Waals surface area contributed by atoms with Gasteiger partial charge in [0.1, 0.15) is 23.0 Å². The monoisotopic (exact) mass is 457 g/mol. The van der Waals surface area contributed by atoms with Crippen molar-refractivity contribution in [3.05, 3.63) is 42.1 Å². The van der Waals surface area contributed by atoms with Crippen LogP contribution < -0.4 is 10.2 Å². The van der Waals surface area contributed by atoms with Crippen molar-refractivity contribution < 1.29 is 4.74 Å². The zero-order valence-electron chi connectivity index (χ0n) is 20.1. The molecule has 2 fully saturated rings. The minimum absolute atomic E-state index is 0.132. The number of nitrogens with one attached hydrogen (secondary N) is 1. The first-order chi connectivity index (χ1) is 16.4. The van der Waals surface area contributed by atoms with Gasteiger partial charge in [-0.2, -0.15) is 9.61 Å². The summed E-state index contributed by atoms with van der Waals surface area (Å²) in [4.78, 5) is 17.0. The van der Waals surface area contributed by atoms with Crippen LogP contribution in [0.1, 0.15) is 45.2 Å². The molecule has 3 aromatic heterocycles. The number of benzene rings is 1. The van der Waals surface area contributed by atoms with E-state index in [-0.39, 0.29) is 5.60 Å². The lowest BCUT2D eigenvalue weighted by Gasteiger charge is -2.36. The largest absolute Gasteiger partial charge is 0.375 e. The van der Waals surface area contributed by atoms with Gasteiger partial charge in [-0.25, -0.2) is 15.0 Å². The first kappa shape index (κ1) is 21.3. The summed E-state index contributed by atoms with van der Waals surface area (Å²) >= 11 is 0. The number of anilines is 2. The number of hydrogen-bond donors (Lipinski definition) is 1. The van der Waals surface area contributed by atoms with Crippen LogP contribution in [0.2, 0.25) is 0 Å². The van der Waals surface area contributed by atoms with Gasteiger partial charge in [-0.05, 0) is 58.6 Å². The number of aromatic nitrogens is 5. The third-order valence-electron chi connectivity index (χ3n) is 6.88. The maximum Gasteiger partial charge on any atom is 0.160 e. The quantitative estimate of drug-likeness (QED) is 0.479. The Balaban J connectivity index is 1.44. The molecule has 8 heteroatoms. The summed E-state index contributed by atoms with van der Waals surface area (Å²) in [6.45, 7) is 9.16. The molecule has 6 rings (SSSR count). The van der Waals surface area contributed by atoms with Crippen molar-refractivity contribution in [3.8, 4) is 11.4 Å². The lowest BCUT2D eigenvalue weighted by Crippen LogP contribution is -2.40. The van der Waals surface area contributed by atoms with Gasteiger partial charge >= 0.3 is 0 Å². The molecule has 0 aliphatic carbocycles. The van der Waals surface area contributed by atoms with Crippen molar-refractivity contribution in [1.82, 2.24) is 24.6 Å². The summed E-state index contributed by atoms with van der Waals surface area (Å²) in [5, 5.41) is 8.73. The van der Waals surface area contributed by atoms with Crippen molar-refractivity contribution in [2.24, 2.45) is 0 Å². The molecule has 1 N–H and O–H groups in total. The third kappa shape index (κ3) is 3.96. The second-order valence-corrected chi connectivity index (χ2v) is 10.1. The Hall–Kier alpha value is -3.26. The van der Waals surface area contributed by atoms with Crippen molar-refractivity contribution in [1.29, 1.82) is 0 Å². The van der Waals surface area contributed by atoms with E-state index in [0.29, 0.717) is 6.04 Å². The van der Waals surface area contributed by atoms with E-state index < -0.39 is 0 Å². The van der Waals surface area contributed by atoms with Crippen molar-refractivity contribution in [3.63, 3.8) is 0 Å². The zero-order valence-corrected chi connectivity index (χ0v) is 20.1. The molecule has 0 radical (unpaired) electrons. The fraction of sp³-hybridized carbons (Fsp3) is 0.462. The number of para-hydroxylation sites is 2. The molecule has 2 aliphatic heterocycles. The Morgan fingerprint density at radius 3 is 2.56 bits per heavy atom. The number of ether oxygens (including phenoxy) is 1. The van der Waals surface area contributed by atoms with Crippen LogP contribution >= 0.6 is 0 Å². The molecule has 1 atom stereocenters. The molecule has 0 bridgehead atoms. The molecule has 1 aromatic carbocycles. The molecule has 1 unspecified atom stereocenters. The second-order valence-electron chi connectivity index (χ2n) is 10.1. The number of nitrogens with zero attached hydrogens (tertiary/aromatic N) is 6. The topological polar surface area (TPSA) is 80.5 Å². The highest BCUT2D eigenvalue weighted by Crippen LogP contribution is 2.30. The van der Waals surface area contributed by atoms with E-state index in [0.717, 1.165) is 77.9 Å². The van der Waals surface area contributed by atoms with E-state index in [2.05, 4.69) is 30.1 Å². The molecular weight excluding hydrogens is 426 g/mol. The Kier molecular flexibility index (Phi) is 5.13. The van der Waals surface area contributed by atoms with Crippen molar-refractivity contribution >= 4 is 28.3 Å². The fourth-order valence-corrected chi connectivity index (χ4v) is 5.18. The van der Waals surface area contributed by atoms with Crippen LogP contribution in [0, 0.1) is 6.92 Å². The molecule has 8 nitrogen and oxygen atoms in total. The minimum atomic E-state index is -0.132. The third-order valence-corrected chi connectivity index (χ3v) is 6.88. The molecule has 5 heterocycles. The smallest absolute Gasteiger partial charge is 0.160 e. The van der Waals surface area contributed by atoms with Gasteiger partial charge in [0.2, 0.25) is 0 Å². The highest BCUT2D eigenvalue weighted by Gasteiger charge is 2.29. The lowest BCUT2D eigenvalue weighted by molar-refractivity contribution is -0.0553. The summed E-state index contributed by atoms with van der Waals surface area (Å²) < 4.78 is 7.86. The Labute approximate surface area is 199 Å². The van der Waals surface area contributed by atoms with Gasteiger partial charge in [0.25, 0.3) is 0 Å². The van der Waals surface area contributed by atoms with Gasteiger partial charge in [-0.3, -0.25) is 0 Å². The summed E-state index contributed by atoms with van der Waals surface area (Å²) in [6, 6.07) is 12.5. The molecule has 34 heavy (non-hydrogen) atoms. The van der Waals surface area contributed by atoms with Crippen LogP contribution in [-0.2, 0) is 4.74 Å². The van der Waals surface area contributed by atoms with E-state index in [1.54, 1.807) is 0 Å². The minimum Gasteiger partial charge on any atom is -0.375 e. The van der Waals surface area contributed by atoms with Gasteiger partial charge in [0.05, 0.1) is 22.3 Å². The molecule has 0 amide bonds. The predicted octanol–water partition coefficient (Wildman–Crippen LogP) is 4.62. The van der Waals surface area contributed by atoms with Crippen molar-refractivity contribution in [2.75, 3.05) is 29.9 Å². The number of fused-ring (bicyclic) bond motifs is 2. The average molecular weight is 458 g/mol. The van der Waals surface area contributed by atoms with Crippen molar-refractivity contribution in [2.45, 2.75) is 58.1 Å². The molecular formula is C26H31N7O. The molecule has 2 saturated heterocycles. The highest BCUT2D eigenvalue weighted by molar-refractivity contribution is 5.78. The molecule has 2 aliphatic rings. The van der Waals surface area contributed by atoms with Crippen LogP contribution in [0.5, 0.6) is 0 Å². The Morgan fingerprint density at radius 2 is 1.79 bits per heavy atom. The number of rotatable bonds is 4. The van der Waals surface area contributed by atoms with Gasteiger partial charge in [-0.1, -0.05) is 12.1 Å². The average Bonchev–Trinajstić information content (AvgIpc) is 3.48. The SMILES string of the molecule is Cc1nc2ccccc2nc1-c1cc2nc(N3CCCC3)cc(NC3CCOC(C)(C)C3)n2n1. The highest BCUT2D eigenvalue weighted by atomic mass is 16.5. The molecule has 176 valence electrons. The summed E-state index contributed by atoms with van der Waals surface area (Å²) in [6.07, 6.45) is 4.33. The Bertz CT molecular complexity index is 1360. The van der Waals surface area contributed by atoms with E-state index in [1.165, 1.54) is 12.8 Å². The second kappa shape index (κ2) is 8.20. The zero-order chi connectivity index (χ0) is 23.3. The fourth-order valence-electron chi connectivity index (χ4n) is 5.18. The normalized spacial score (nSPS) is 20.3.